The molecule has 0 amide bonds. The molecule has 5 nitrogen and oxygen atoms in total. The summed E-state index contributed by atoms with van der Waals surface area (Å²) in [6.45, 7) is 2.84. The summed E-state index contributed by atoms with van der Waals surface area (Å²) in [7, 11) is 2.09. The van der Waals surface area contributed by atoms with Gasteiger partial charge in [0.05, 0.1) is 0 Å². The quantitative estimate of drug-likeness (QED) is 0.850. The van der Waals surface area contributed by atoms with Crippen LogP contribution in [-0.4, -0.2) is 42.0 Å². The van der Waals surface area contributed by atoms with E-state index in [1.165, 1.54) is 19.3 Å². The van der Waals surface area contributed by atoms with Crippen LogP contribution in [0.5, 0.6) is 0 Å². The molecule has 3 heterocycles. The third-order valence-electron chi connectivity index (χ3n) is 3.84. The fourth-order valence-electron chi connectivity index (χ4n) is 2.47. The number of pyridine rings is 1. The number of nitrogens with zero attached hydrogens (tertiary/aromatic N) is 4. The molecule has 0 aromatic carbocycles. The molecule has 2 aromatic heterocycles. The first-order valence-corrected chi connectivity index (χ1v) is 8.18. The summed E-state index contributed by atoms with van der Waals surface area (Å²) in [5.41, 5.74) is 0.888. The zero-order valence-corrected chi connectivity index (χ0v) is 13.1. The van der Waals surface area contributed by atoms with Crippen molar-refractivity contribution in [1.29, 1.82) is 0 Å². The van der Waals surface area contributed by atoms with Gasteiger partial charge in [-0.25, -0.2) is 0 Å². The third-order valence-corrected chi connectivity index (χ3v) is 4.90. The van der Waals surface area contributed by atoms with E-state index in [0.29, 0.717) is 0 Å². The maximum absolute atomic E-state index is 5.40. The molecule has 0 aliphatic carbocycles. The highest BCUT2D eigenvalue weighted by Gasteiger charge is 2.16. The molecule has 1 aliphatic heterocycles. The van der Waals surface area contributed by atoms with Gasteiger partial charge >= 0.3 is 0 Å². The lowest BCUT2D eigenvalue weighted by Crippen LogP contribution is -2.24. The summed E-state index contributed by atoms with van der Waals surface area (Å²) in [6.07, 6.45) is 5.34. The van der Waals surface area contributed by atoms with E-state index in [9.17, 15) is 0 Å². The van der Waals surface area contributed by atoms with Crippen LogP contribution in [0.3, 0.4) is 0 Å². The van der Waals surface area contributed by atoms with Crippen LogP contribution >= 0.6 is 11.3 Å². The lowest BCUT2D eigenvalue weighted by molar-refractivity contribution is 0.0645. The summed E-state index contributed by atoms with van der Waals surface area (Å²) >= 11 is 1.60. The van der Waals surface area contributed by atoms with E-state index in [4.69, 9.17) is 4.74 Å². The van der Waals surface area contributed by atoms with E-state index in [2.05, 4.69) is 27.1 Å². The summed E-state index contributed by atoms with van der Waals surface area (Å²) in [5.74, 6) is 0.782. The number of hydrogen-bond donors (Lipinski definition) is 0. The number of anilines is 1. The Hall–Kier alpha value is -1.53. The molecule has 0 atom stereocenters. The van der Waals surface area contributed by atoms with E-state index in [1.54, 1.807) is 17.5 Å². The van der Waals surface area contributed by atoms with Crippen LogP contribution < -0.4 is 4.90 Å². The molecule has 0 N–H and O–H groups in total. The lowest BCUT2D eigenvalue weighted by atomic mass is 9.96. The van der Waals surface area contributed by atoms with Crippen molar-refractivity contribution in [2.75, 3.05) is 31.7 Å². The normalized spacial score (nSPS) is 16.0. The van der Waals surface area contributed by atoms with E-state index >= 15 is 0 Å². The van der Waals surface area contributed by atoms with Crippen LogP contribution in [0.15, 0.2) is 24.4 Å². The number of aromatic nitrogens is 3. The Labute approximate surface area is 129 Å². The van der Waals surface area contributed by atoms with Crippen molar-refractivity contribution in [1.82, 2.24) is 15.2 Å². The van der Waals surface area contributed by atoms with Gasteiger partial charge < -0.3 is 9.64 Å². The molecule has 1 saturated heterocycles. The van der Waals surface area contributed by atoms with Gasteiger partial charge in [0.2, 0.25) is 5.13 Å². The molecule has 21 heavy (non-hydrogen) atoms. The largest absolute Gasteiger partial charge is 0.381 e. The Balaban J connectivity index is 1.57. The molecule has 0 spiro atoms. The van der Waals surface area contributed by atoms with Crippen molar-refractivity contribution in [3.63, 3.8) is 0 Å². The van der Waals surface area contributed by atoms with Gasteiger partial charge in [-0.3, -0.25) is 4.98 Å². The third kappa shape index (κ3) is 3.77. The molecule has 2 aromatic rings. The van der Waals surface area contributed by atoms with Crippen LogP contribution in [0.4, 0.5) is 5.13 Å². The fraction of sp³-hybridized carbons (Fsp3) is 0.533. The van der Waals surface area contributed by atoms with E-state index in [0.717, 1.165) is 41.5 Å². The van der Waals surface area contributed by atoms with Crippen LogP contribution in [0, 0.1) is 5.92 Å². The maximum Gasteiger partial charge on any atom is 0.208 e. The topological polar surface area (TPSA) is 51.1 Å². The van der Waals surface area contributed by atoms with Crippen molar-refractivity contribution in [2.24, 2.45) is 5.92 Å². The van der Waals surface area contributed by atoms with Gasteiger partial charge in [0.15, 0.2) is 5.01 Å². The Morgan fingerprint density at radius 2 is 2.14 bits per heavy atom. The van der Waals surface area contributed by atoms with Crippen molar-refractivity contribution >= 4 is 16.5 Å². The van der Waals surface area contributed by atoms with Crippen LogP contribution in [-0.2, 0) is 4.74 Å². The van der Waals surface area contributed by atoms with Gasteiger partial charge in [-0.05, 0) is 37.3 Å². The molecular formula is C15H20N4OS. The first-order valence-electron chi connectivity index (χ1n) is 7.37. The first kappa shape index (κ1) is 14.4. The highest BCUT2D eigenvalue weighted by atomic mass is 32.1. The highest BCUT2D eigenvalue weighted by molar-refractivity contribution is 7.18. The zero-order valence-electron chi connectivity index (χ0n) is 12.2. The number of hydrogen-bond acceptors (Lipinski definition) is 6. The smallest absolute Gasteiger partial charge is 0.208 e. The van der Waals surface area contributed by atoms with E-state index in [1.807, 2.05) is 18.2 Å². The summed E-state index contributed by atoms with van der Waals surface area (Å²) in [5, 5.41) is 10.4. The molecule has 1 fully saturated rings. The Bertz CT molecular complexity index is 554. The predicted molar refractivity (Wildman–Crippen MR) is 84.6 cm³/mol. The lowest BCUT2D eigenvalue weighted by Gasteiger charge is -2.24. The molecule has 0 unspecified atom stereocenters. The molecule has 112 valence electrons. The molecule has 0 radical (unpaired) electrons. The minimum Gasteiger partial charge on any atom is -0.381 e. The van der Waals surface area contributed by atoms with Gasteiger partial charge in [-0.15, -0.1) is 10.2 Å². The second-order valence-corrected chi connectivity index (χ2v) is 6.33. The van der Waals surface area contributed by atoms with Gasteiger partial charge in [0.25, 0.3) is 0 Å². The summed E-state index contributed by atoms with van der Waals surface area (Å²) in [4.78, 5) is 6.51. The van der Waals surface area contributed by atoms with Gasteiger partial charge in [0, 0.05) is 33.0 Å². The second-order valence-electron chi connectivity index (χ2n) is 5.37. The minimum absolute atomic E-state index is 0.782. The molecule has 0 saturated carbocycles. The standard InChI is InChI=1S/C15H20N4OS/c1-19(9-5-12-6-10-20-11-7-12)15-18-17-14(21-15)13-4-2-3-8-16-13/h2-4,8,12H,5-7,9-11H2,1H3. The molecule has 1 aliphatic rings. The first-order chi connectivity index (χ1) is 10.3. The van der Waals surface area contributed by atoms with E-state index < -0.39 is 0 Å². The Kier molecular flexibility index (Phi) is 4.77. The summed E-state index contributed by atoms with van der Waals surface area (Å²) < 4.78 is 5.40. The van der Waals surface area contributed by atoms with Crippen molar-refractivity contribution in [2.45, 2.75) is 19.3 Å². The Morgan fingerprint density at radius 3 is 2.90 bits per heavy atom. The van der Waals surface area contributed by atoms with Crippen molar-refractivity contribution in [3.05, 3.63) is 24.4 Å². The summed E-state index contributed by atoms with van der Waals surface area (Å²) in [6, 6.07) is 5.84. The van der Waals surface area contributed by atoms with Crippen LogP contribution in [0.25, 0.3) is 10.7 Å². The average molecular weight is 304 g/mol. The van der Waals surface area contributed by atoms with Gasteiger partial charge in [-0.1, -0.05) is 17.4 Å². The monoisotopic (exact) mass is 304 g/mol. The van der Waals surface area contributed by atoms with Crippen molar-refractivity contribution < 1.29 is 4.74 Å². The molecular weight excluding hydrogens is 284 g/mol. The van der Waals surface area contributed by atoms with E-state index in [-0.39, 0.29) is 0 Å². The zero-order chi connectivity index (χ0) is 14.5. The van der Waals surface area contributed by atoms with Gasteiger partial charge in [0.1, 0.15) is 5.69 Å². The molecule has 6 heteroatoms. The highest BCUT2D eigenvalue weighted by Crippen LogP contribution is 2.27. The SMILES string of the molecule is CN(CCC1CCOCC1)c1nnc(-c2ccccn2)s1. The Morgan fingerprint density at radius 1 is 1.29 bits per heavy atom. The van der Waals surface area contributed by atoms with Crippen LogP contribution in [0.2, 0.25) is 0 Å². The number of rotatable bonds is 5. The predicted octanol–water partition coefficient (Wildman–Crippen LogP) is 2.85. The van der Waals surface area contributed by atoms with Crippen LogP contribution in [0.1, 0.15) is 19.3 Å². The maximum atomic E-state index is 5.40. The molecule has 3 rings (SSSR count). The average Bonchev–Trinajstić information content (AvgIpc) is 3.04. The second kappa shape index (κ2) is 6.95. The van der Waals surface area contributed by atoms with Gasteiger partial charge in [-0.2, -0.15) is 0 Å². The molecule has 0 bridgehead atoms. The minimum atomic E-state index is 0.782. The number of ether oxygens (including phenoxy) is 1. The van der Waals surface area contributed by atoms with Crippen molar-refractivity contribution in [3.8, 4) is 10.7 Å². The fourth-order valence-corrected chi connectivity index (χ4v) is 3.28.